The van der Waals surface area contributed by atoms with Gasteiger partial charge in [0.05, 0.1) is 0 Å². The highest BCUT2D eigenvalue weighted by Crippen LogP contribution is 2.20. The van der Waals surface area contributed by atoms with Crippen LogP contribution in [0.2, 0.25) is 0 Å². The second-order valence-electron chi connectivity index (χ2n) is 5.31. The topological polar surface area (TPSA) is 72.2 Å². The number of rotatable bonds is 4. The molecule has 3 N–H and O–H groups in total. The van der Waals surface area contributed by atoms with Crippen molar-refractivity contribution >= 4 is 28.7 Å². The number of nitrogens with two attached hydrogens (primary N) is 1. The molecule has 4 nitrogen and oxygen atoms in total. The van der Waals surface area contributed by atoms with Gasteiger partial charge in [-0.1, -0.05) is 60.7 Å². The molecular formula is C20H16N2O2. The van der Waals surface area contributed by atoms with Crippen molar-refractivity contribution in [1.82, 2.24) is 5.32 Å². The maximum Gasteiger partial charge on any atom is 0.265 e. The van der Waals surface area contributed by atoms with E-state index < -0.39 is 5.91 Å². The van der Waals surface area contributed by atoms with Gasteiger partial charge in [-0.15, -0.1) is 0 Å². The molecule has 0 fully saturated rings. The molecule has 0 saturated heterocycles. The first-order valence-electron chi connectivity index (χ1n) is 7.51. The fourth-order valence-corrected chi connectivity index (χ4v) is 2.48. The molecule has 0 aliphatic rings. The molecule has 118 valence electrons. The summed E-state index contributed by atoms with van der Waals surface area (Å²) in [5.74, 6) is -1.06. The molecule has 4 heteroatoms. The predicted octanol–water partition coefficient (Wildman–Crippen LogP) is 3.10. The second kappa shape index (κ2) is 6.79. The summed E-state index contributed by atoms with van der Waals surface area (Å²) in [5, 5.41) is 4.62. The first kappa shape index (κ1) is 15.5. The largest absolute Gasteiger partial charge is 0.364 e. The van der Waals surface area contributed by atoms with E-state index in [4.69, 9.17) is 5.73 Å². The van der Waals surface area contributed by atoms with Crippen molar-refractivity contribution in [2.24, 2.45) is 5.73 Å². The quantitative estimate of drug-likeness (QED) is 0.726. The smallest absolute Gasteiger partial charge is 0.265 e. The Balaban J connectivity index is 1.97. The van der Waals surface area contributed by atoms with Crippen LogP contribution in [0.1, 0.15) is 15.9 Å². The number of carbonyl (C=O) groups excluding carboxylic acids is 2. The van der Waals surface area contributed by atoms with Crippen molar-refractivity contribution in [3.05, 3.63) is 89.6 Å². The molecule has 0 aliphatic carbocycles. The Labute approximate surface area is 139 Å². The van der Waals surface area contributed by atoms with Crippen LogP contribution in [0.25, 0.3) is 16.8 Å². The Morgan fingerprint density at radius 1 is 0.833 bits per heavy atom. The van der Waals surface area contributed by atoms with Crippen molar-refractivity contribution in [2.75, 3.05) is 0 Å². The van der Waals surface area contributed by atoms with Crippen LogP contribution in [0, 0.1) is 0 Å². The average molecular weight is 316 g/mol. The number of nitrogens with one attached hydrogen (secondary N) is 1. The maximum atomic E-state index is 12.3. The fraction of sp³-hybridized carbons (Fsp3) is 0. The van der Waals surface area contributed by atoms with Gasteiger partial charge in [-0.25, -0.2) is 0 Å². The Morgan fingerprint density at radius 2 is 1.50 bits per heavy atom. The highest BCUT2D eigenvalue weighted by Gasteiger charge is 2.12. The number of fused-ring (bicyclic) bond motifs is 1. The van der Waals surface area contributed by atoms with Gasteiger partial charge in [0, 0.05) is 5.56 Å². The van der Waals surface area contributed by atoms with E-state index in [-0.39, 0.29) is 11.6 Å². The number of hydrogen-bond donors (Lipinski definition) is 2. The summed E-state index contributed by atoms with van der Waals surface area (Å²) >= 11 is 0. The second-order valence-corrected chi connectivity index (χ2v) is 5.31. The molecule has 3 aromatic carbocycles. The van der Waals surface area contributed by atoms with E-state index >= 15 is 0 Å². The summed E-state index contributed by atoms with van der Waals surface area (Å²) in [7, 11) is 0. The van der Waals surface area contributed by atoms with Crippen LogP contribution in [0.3, 0.4) is 0 Å². The average Bonchev–Trinajstić information content (AvgIpc) is 2.62. The van der Waals surface area contributed by atoms with Crippen molar-refractivity contribution in [1.29, 1.82) is 0 Å². The molecule has 0 spiro atoms. The monoisotopic (exact) mass is 316 g/mol. The Bertz CT molecular complexity index is 925. The van der Waals surface area contributed by atoms with Crippen LogP contribution >= 0.6 is 0 Å². The zero-order valence-corrected chi connectivity index (χ0v) is 12.9. The number of amides is 2. The molecule has 0 aliphatic heterocycles. The van der Waals surface area contributed by atoms with E-state index in [0.717, 1.165) is 16.3 Å². The summed E-state index contributed by atoms with van der Waals surface area (Å²) in [6.07, 6.45) is 1.60. The highest BCUT2D eigenvalue weighted by atomic mass is 16.2. The number of benzene rings is 3. The molecule has 0 saturated carbocycles. The minimum absolute atomic E-state index is 0.0557. The predicted molar refractivity (Wildman–Crippen MR) is 95.0 cm³/mol. The van der Waals surface area contributed by atoms with Gasteiger partial charge < -0.3 is 11.1 Å². The number of primary amides is 1. The van der Waals surface area contributed by atoms with Gasteiger partial charge in [0.1, 0.15) is 5.70 Å². The molecule has 0 bridgehead atoms. The van der Waals surface area contributed by atoms with Gasteiger partial charge >= 0.3 is 0 Å². The van der Waals surface area contributed by atoms with Crippen molar-refractivity contribution in [3.63, 3.8) is 0 Å². The summed E-state index contributed by atoms with van der Waals surface area (Å²) in [4.78, 5) is 24.0. The molecular weight excluding hydrogens is 300 g/mol. The van der Waals surface area contributed by atoms with Crippen molar-refractivity contribution < 1.29 is 9.59 Å². The molecule has 3 aromatic rings. The lowest BCUT2D eigenvalue weighted by atomic mass is 10.0. The zero-order chi connectivity index (χ0) is 16.9. The zero-order valence-electron chi connectivity index (χ0n) is 12.9. The number of hydrogen-bond acceptors (Lipinski definition) is 2. The first-order chi connectivity index (χ1) is 11.6. The number of carbonyl (C=O) groups is 2. The van der Waals surface area contributed by atoms with Crippen LogP contribution in [0.4, 0.5) is 0 Å². The van der Waals surface area contributed by atoms with Gasteiger partial charge in [-0.2, -0.15) is 0 Å². The molecule has 2 amide bonds. The fourth-order valence-electron chi connectivity index (χ4n) is 2.48. The molecule has 0 atom stereocenters. The highest BCUT2D eigenvalue weighted by molar-refractivity contribution is 6.06. The van der Waals surface area contributed by atoms with E-state index in [2.05, 4.69) is 5.32 Å². The maximum absolute atomic E-state index is 12.3. The van der Waals surface area contributed by atoms with Gasteiger partial charge in [-0.05, 0) is 34.5 Å². The Morgan fingerprint density at radius 3 is 2.25 bits per heavy atom. The molecule has 0 radical (unpaired) electrons. The lowest BCUT2D eigenvalue weighted by Crippen LogP contribution is -2.31. The van der Waals surface area contributed by atoms with Gasteiger partial charge in [0.15, 0.2) is 0 Å². The normalized spacial score (nSPS) is 11.2. The summed E-state index contributed by atoms with van der Waals surface area (Å²) in [6.45, 7) is 0. The molecule has 0 unspecified atom stereocenters. The lowest BCUT2D eigenvalue weighted by Gasteiger charge is -2.08. The van der Waals surface area contributed by atoms with Crippen molar-refractivity contribution in [2.45, 2.75) is 0 Å². The molecule has 24 heavy (non-hydrogen) atoms. The van der Waals surface area contributed by atoms with Crippen LogP contribution in [-0.4, -0.2) is 11.8 Å². The Hall–Kier alpha value is -3.40. The lowest BCUT2D eigenvalue weighted by molar-refractivity contribution is -0.114. The third-order valence-electron chi connectivity index (χ3n) is 3.67. The molecule has 3 rings (SSSR count). The third-order valence-corrected chi connectivity index (χ3v) is 3.67. The van der Waals surface area contributed by atoms with Gasteiger partial charge in [0.25, 0.3) is 11.8 Å². The van der Waals surface area contributed by atoms with Gasteiger partial charge in [0.2, 0.25) is 0 Å². The standard InChI is InChI=1S/C20H16N2O2/c21-19(23)18(22-20(24)15-8-2-1-3-9-15)13-16-11-6-10-14-7-4-5-12-17(14)16/h1-13H,(H2,21,23)(H,22,24)/b18-13-. The van der Waals surface area contributed by atoms with Crippen LogP contribution in [0.15, 0.2) is 78.5 Å². The molecule has 0 heterocycles. The minimum atomic E-state index is -0.688. The van der Waals surface area contributed by atoms with E-state index in [1.807, 2.05) is 48.5 Å². The third kappa shape index (κ3) is 3.33. The SMILES string of the molecule is NC(=O)/C(=C/c1cccc2ccccc12)NC(=O)c1ccccc1. The van der Waals surface area contributed by atoms with E-state index in [9.17, 15) is 9.59 Å². The van der Waals surface area contributed by atoms with Gasteiger partial charge in [-0.3, -0.25) is 9.59 Å². The first-order valence-corrected chi connectivity index (χ1v) is 7.51. The Kier molecular flexibility index (Phi) is 4.38. The summed E-state index contributed by atoms with van der Waals surface area (Å²) in [5.41, 5.74) is 6.76. The van der Waals surface area contributed by atoms with E-state index in [1.165, 1.54) is 0 Å². The summed E-state index contributed by atoms with van der Waals surface area (Å²) in [6, 6.07) is 22.2. The van der Waals surface area contributed by atoms with Crippen molar-refractivity contribution in [3.8, 4) is 0 Å². The minimum Gasteiger partial charge on any atom is -0.364 e. The van der Waals surface area contributed by atoms with Crippen LogP contribution in [0.5, 0.6) is 0 Å². The van der Waals surface area contributed by atoms with E-state index in [1.54, 1.807) is 30.3 Å². The van der Waals surface area contributed by atoms with Crippen LogP contribution in [-0.2, 0) is 4.79 Å². The van der Waals surface area contributed by atoms with E-state index in [0.29, 0.717) is 5.56 Å². The summed E-state index contributed by atoms with van der Waals surface area (Å²) < 4.78 is 0. The molecule has 0 aromatic heterocycles. The van der Waals surface area contributed by atoms with Crippen LogP contribution < -0.4 is 11.1 Å².